The minimum Gasteiger partial charge on any atom is -0.326 e. The summed E-state index contributed by atoms with van der Waals surface area (Å²) < 4.78 is 30.8. The van der Waals surface area contributed by atoms with Gasteiger partial charge in [-0.2, -0.15) is 13.1 Å². The average molecular weight is 294 g/mol. The summed E-state index contributed by atoms with van der Waals surface area (Å²) in [6.45, 7) is 0.751. The molecule has 5 nitrogen and oxygen atoms in total. The maximum Gasteiger partial charge on any atom is 0.333 e. The molecular formula is C14H18N2O3S. The van der Waals surface area contributed by atoms with Crippen molar-refractivity contribution in [3.8, 4) is 0 Å². The summed E-state index contributed by atoms with van der Waals surface area (Å²) >= 11 is 0. The lowest BCUT2D eigenvalue weighted by Crippen LogP contribution is -2.21. The van der Waals surface area contributed by atoms with E-state index < -0.39 is 10.3 Å². The lowest BCUT2D eigenvalue weighted by atomic mass is 10.2. The zero-order chi connectivity index (χ0) is 14.8. The van der Waals surface area contributed by atoms with Gasteiger partial charge in [0.15, 0.2) is 0 Å². The molecule has 0 spiro atoms. The fourth-order valence-electron chi connectivity index (χ4n) is 1.38. The molecule has 0 atom stereocenters. The van der Waals surface area contributed by atoms with Crippen molar-refractivity contribution in [1.82, 2.24) is 4.72 Å². The van der Waals surface area contributed by atoms with E-state index in [1.807, 2.05) is 41.1 Å². The number of nitrogens with two attached hydrogens (primary N) is 1. The van der Waals surface area contributed by atoms with Crippen LogP contribution < -0.4 is 10.5 Å². The van der Waals surface area contributed by atoms with Gasteiger partial charge in [-0.1, -0.05) is 60.7 Å². The summed E-state index contributed by atoms with van der Waals surface area (Å²) in [5.41, 5.74) is 7.34. The van der Waals surface area contributed by atoms with E-state index in [-0.39, 0.29) is 6.54 Å². The molecule has 0 fully saturated rings. The lowest BCUT2D eigenvalue weighted by molar-refractivity contribution is 0.467. The maximum absolute atomic E-state index is 10.2. The van der Waals surface area contributed by atoms with E-state index >= 15 is 0 Å². The van der Waals surface area contributed by atoms with Gasteiger partial charge < -0.3 is 5.73 Å². The van der Waals surface area contributed by atoms with E-state index in [2.05, 4.69) is 0 Å². The maximum atomic E-state index is 10.2. The van der Waals surface area contributed by atoms with Crippen LogP contribution in [0.1, 0.15) is 11.1 Å². The van der Waals surface area contributed by atoms with Gasteiger partial charge in [0.1, 0.15) is 0 Å². The number of hydrogen-bond acceptors (Lipinski definition) is 3. The molecule has 0 bridgehead atoms. The molecule has 2 aromatic rings. The molecule has 0 saturated carbocycles. The number of hydrogen-bond donors (Lipinski definition) is 3. The van der Waals surface area contributed by atoms with Gasteiger partial charge in [0.25, 0.3) is 0 Å². The van der Waals surface area contributed by atoms with Crippen LogP contribution in [0.15, 0.2) is 60.7 Å². The Morgan fingerprint density at radius 1 is 0.900 bits per heavy atom. The first kappa shape index (κ1) is 16.3. The highest BCUT2D eigenvalue weighted by Crippen LogP contribution is 1.97. The van der Waals surface area contributed by atoms with Crippen molar-refractivity contribution in [2.75, 3.05) is 0 Å². The first-order valence-corrected chi connectivity index (χ1v) is 7.45. The number of rotatable bonds is 4. The van der Waals surface area contributed by atoms with E-state index in [0.29, 0.717) is 6.54 Å². The van der Waals surface area contributed by atoms with Crippen LogP contribution in [-0.2, 0) is 23.4 Å². The van der Waals surface area contributed by atoms with Crippen LogP contribution in [0.4, 0.5) is 0 Å². The Bertz CT molecular complexity index is 586. The van der Waals surface area contributed by atoms with Gasteiger partial charge in [0.05, 0.1) is 0 Å². The summed E-state index contributed by atoms with van der Waals surface area (Å²) in [6, 6.07) is 18.9. The molecule has 0 amide bonds. The SMILES string of the molecule is NCc1ccccc1.O=S(=O)(O)NCc1ccccc1. The van der Waals surface area contributed by atoms with Gasteiger partial charge >= 0.3 is 10.3 Å². The third kappa shape index (κ3) is 7.65. The summed E-state index contributed by atoms with van der Waals surface area (Å²) in [7, 11) is -4.07. The van der Waals surface area contributed by atoms with Gasteiger partial charge in [-0.15, -0.1) is 0 Å². The summed E-state index contributed by atoms with van der Waals surface area (Å²) in [5, 5.41) is 0. The third-order valence-electron chi connectivity index (χ3n) is 2.38. The average Bonchev–Trinajstić information content (AvgIpc) is 2.47. The molecular weight excluding hydrogens is 276 g/mol. The van der Waals surface area contributed by atoms with Gasteiger partial charge in [-0.25, -0.2) is 0 Å². The second-order valence-electron chi connectivity index (χ2n) is 3.97. The Kier molecular flexibility index (Phi) is 6.89. The van der Waals surface area contributed by atoms with Crippen molar-refractivity contribution in [2.24, 2.45) is 5.73 Å². The molecule has 0 heterocycles. The quantitative estimate of drug-likeness (QED) is 0.749. The molecule has 0 saturated heterocycles. The standard InChI is InChI=1S/C7H9NO3S.C7H9N/c9-12(10,11)8-6-7-4-2-1-3-5-7;8-6-7-4-2-1-3-5-7/h1-5,8H,6H2,(H,9,10,11);1-5H,6,8H2. The summed E-state index contributed by atoms with van der Waals surface area (Å²) in [4.78, 5) is 0. The summed E-state index contributed by atoms with van der Waals surface area (Å²) in [5.74, 6) is 0. The van der Waals surface area contributed by atoms with Crippen molar-refractivity contribution >= 4 is 10.3 Å². The van der Waals surface area contributed by atoms with Crippen LogP contribution in [0.25, 0.3) is 0 Å². The van der Waals surface area contributed by atoms with Crippen molar-refractivity contribution < 1.29 is 13.0 Å². The van der Waals surface area contributed by atoms with Crippen LogP contribution in [0.2, 0.25) is 0 Å². The summed E-state index contributed by atoms with van der Waals surface area (Å²) in [6.07, 6.45) is 0. The van der Waals surface area contributed by atoms with Crippen LogP contribution in [0.3, 0.4) is 0 Å². The molecule has 0 radical (unpaired) electrons. The lowest BCUT2D eigenvalue weighted by Gasteiger charge is -1.99. The molecule has 6 heteroatoms. The van der Waals surface area contributed by atoms with Crippen molar-refractivity contribution in [2.45, 2.75) is 13.1 Å². The first-order valence-electron chi connectivity index (χ1n) is 6.01. The second-order valence-corrected chi connectivity index (χ2v) is 5.21. The second kappa shape index (κ2) is 8.44. The third-order valence-corrected chi connectivity index (χ3v) is 2.89. The van der Waals surface area contributed by atoms with Crippen molar-refractivity contribution in [1.29, 1.82) is 0 Å². The minimum absolute atomic E-state index is 0.111. The normalized spacial score (nSPS) is 10.5. The largest absolute Gasteiger partial charge is 0.333 e. The van der Waals surface area contributed by atoms with Crippen LogP contribution in [0.5, 0.6) is 0 Å². The van der Waals surface area contributed by atoms with Gasteiger partial charge in [-0.05, 0) is 11.1 Å². The molecule has 20 heavy (non-hydrogen) atoms. The van der Waals surface area contributed by atoms with E-state index in [1.54, 1.807) is 24.3 Å². The Labute approximate surface area is 119 Å². The molecule has 0 unspecified atom stereocenters. The predicted octanol–water partition coefficient (Wildman–Crippen LogP) is 1.72. The monoisotopic (exact) mass is 294 g/mol. The molecule has 4 N–H and O–H groups in total. The Hall–Kier alpha value is -1.73. The van der Waals surface area contributed by atoms with E-state index in [4.69, 9.17) is 10.3 Å². The highest BCUT2D eigenvalue weighted by Gasteiger charge is 2.01. The smallest absolute Gasteiger partial charge is 0.326 e. The van der Waals surface area contributed by atoms with Gasteiger partial charge in [0.2, 0.25) is 0 Å². The highest BCUT2D eigenvalue weighted by molar-refractivity contribution is 7.83. The Morgan fingerprint density at radius 2 is 1.35 bits per heavy atom. The zero-order valence-corrected chi connectivity index (χ0v) is 11.8. The van der Waals surface area contributed by atoms with Crippen molar-refractivity contribution in [3.63, 3.8) is 0 Å². The fraction of sp³-hybridized carbons (Fsp3) is 0.143. The minimum atomic E-state index is -4.07. The molecule has 0 aromatic heterocycles. The van der Waals surface area contributed by atoms with E-state index in [9.17, 15) is 8.42 Å². The van der Waals surface area contributed by atoms with Gasteiger partial charge in [-0.3, -0.25) is 4.55 Å². The highest BCUT2D eigenvalue weighted by atomic mass is 32.2. The molecule has 108 valence electrons. The van der Waals surface area contributed by atoms with E-state index in [1.165, 1.54) is 5.56 Å². The van der Waals surface area contributed by atoms with Crippen LogP contribution >= 0.6 is 0 Å². The van der Waals surface area contributed by atoms with Crippen molar-refractivity contribution in [3.05, 3.63) is 71.8 Å². The van der Waals surface area contributed by atoms with E-state index in [0.717, 1.165) is 5.56 Å². The molecule has 2 aromatic carbocycles. The Morgan fingerprint density at radius 3 is 1.70 bits per heavy atom. The number of nitrogens with one attached hydrogen (secondary N) is 1. The fourth-order valence-corrected chi connectivity index (χ4v) is 1.73. The predicted molar refractivity (Wildman–Crippen MR) is 79.2 cm³/mol. The van der Waals surface area contributed by atoms with Crippen LogP contribution in [-0.4, -0.2) is 13.0 Å². The van der Waals surface area contributed by atoms with Crippen LogP contribution in [0, 0.1) is 0 Å². The van der Waals surface area contributed by atoms with Gasteiger partial charge in [0, 0.05) is 13.1 Å². The number of benzene rings is 2. The zero-order valence-electron chi connectivity index (χ0n) is 10.9. The topological polar surface area (TPSA) is 92.4 Å². The molecule has 2 rings (SSSR count). The molecule has 0 aliphatic heterocycles. The molecule has 0 aliphatic carbocycles. The molecule has 0 aliphatic rings. The Balaban J connectivity index is 0.000000217. The first-order chi connectivity index (χ1) is 9.51.